The lowest BCUT2D eigenvalue weighted by atomic mass is 9.95. The van der Waals surface area contributed by atoms with Crippen LogP contribution >= 0.6 is 11.6 Å². The highest BCUT2D eigenvalue weighted by Crippen LogP contribution is 2.72. The summed E-state index contributed by atoms with van der Waals surface area (Å²) in [7, 11) is 1.76. The molecule has 0 amide bonds. The van der Waals surface area contributed by atoms with Gasteiger partial charge in [0.15, 0.2) is 0 Å². The minimum absolute atomic E-state index is 0.0324. The highest BCUT2D eigenvalue weighted by molar-refractivity contribution is 6.31. The van der Waals surface area contributed by atoms with Gasteiger partial charge in [-0.15, -0.1) is 0 Å². The van der Waals surface area contributed by atoms with Crippen LogP contribution in [0.2, 0.25) is 5.02 Å². The third kappa shape index (κ3) is 1.87. The molecule has 0 radical (unpaired) electrons. The molecule has 0 unspecified atom stereocenters. The lowest BCUT2D eigenvalue weighted by molar-refractivity contribution is -0.190. The fourth-order valence-corrected chi connectivity index (χ4v) is 3.61. The van der Waals surface area contributed by atoms with Crippen molar-refractivity contribution in [2.45, 2.75) is 19.1 Å². The minimum atomic E-state index is -4.14. The predicted octanol–water partition coefficient (Wildman–Crippen LogP) is 1.71. The molecule has 0 spiro atoms. The molecule has 1 saturated heterocycles. The fourth-order valence-electron chi connectivity index (χ4n) is 3.38. The number of halogens is 4. The number of nitrogens with zero attached hydrogens (tertiary/aromatic N) is 2. The van der Waals surface area contributed by atoms with E-state index in [9.17, 15) is 13.2 Å². The molecule has 1 aliphatic heterocycles. The van der Waals surface area contributed by atoms with E-state index in [2.05, 4.69) is 15.7 Å². The van der Waals surface area contributed by atoms with Gasteiger partial charge in [-0.2, -0.15) is 18.3 Å². The van der Waals surface area contributed by atoms with Gasteiger partial charge in [0.1, 0.15) is 0 Å². The Bertz CT molecular complexity index is 510. The van der Waals surface area contributed by atoms with Crippen molar-refractivity contribution in [3.63, 3.8) is 0 Å². The van der Waals surface area contributed by atoms with Crippen LogP contribution in [0.5, 0.6) is 0 Å². The van der Waals surface area contributed by atoms with E-state index in [0.29, 0.717) is 24.7 Å². The molecule has 8 heteroatoms. The smallest absolute Gasteiger partial charge is 0.315 e. The van der Waals surface area contributed by atoms with E-state index in [0.717, 1.165) is 5.69 Å². The molecule has 2 aliphatic rings. The zero-order valence-electron chi connectivity index (χ0n) is 11.0. The standard InChI is InChI=1S/C12H16ClF3N4/c1-20-9(8(13)2-19-20)3-17-5-10-4-11(10,7-18-6-10)12(14,15)16/h2,17-18H,3-7H2,1H3/t10-,11+/m0/s1. The van der Waals surface area contributed by atoms with E-state index in [-0.39, 0.29) is 13.0 Å². The van der Waals surface area contributed by atoms with Crippen LogP contribution in [-0.4, -0.2) is 35.6 Å². The lowest BCUT2D eigenvalue weighted by Crippen LogP contribution is -2.35. The molecule has 2 N–H and O–H groups in total. The molecule has 1 aromatic heterocycles. The number of aryl methyl sites for hydroxylation is 1. The van der Waals surface area contributed by atoms with Gasteiger partial charge in [0.2, 0.25) is 0 Å². The van der Waals surface area contributed by atoms with Gasteiger partial charge in [-0.25, -0.2) is 0 Å². The van der Waals surface area contributed by atoms with E-state index >= 15 is 0 Å². The van der Waals surface area contributed by atoms with Crippen LogP contribution in [-0.2, 0) is 13.6 Å². The lowest BCUT2D eigenvalue weighted by Gasteiger charge is -2.21. The molecule has 4 nitrogen and oxygen atoms in total. The number of rotatable bonds is 4. The second-order valence-electron chi connectivity index (χ2n) is 5.81. The van der Waals surface area contributed by atoms with E-state index < -0.39 is 17.0 Å². The molecule has 0 aromatic carbocycles. The van der Waals surface area contributed by atoms with Crippen LogP contribution in [0.15, 0.2) is 6.20 Å². The Morgan fingerprint density at radius 3 is 2.80 bits per heavy atom. The largest absolute Gasteiger partial charge is 0.396 e. The maximum Gasteiger partial charge on any atom is 0.396 e. The summed E-state index contributed by atoms with van der Waals surface area (Å²) in [5.74, 6) is 0. The molecule has 20 heavy (non-hydrogen) atoms. The number of fused-ring (bicyclic) bond motifs is 1. The van der Waals surface area contributed by atoms with Crippen molar-refractivity contribution in [3.8, 4) is 0 Å². The van der Waals surface area contributed by atoms with Crippen molar-refractivity contribution in [1.29, 1.82) is 0 Å². The number of alkyl halides is 3. The number of nitrogens with one attached hydrogen (secondary N) is 2. The van der Waals surface area contributed by atoms with Crippen molar-refractivity contribution in [2.24, 2.45) is 17.9 Å². The Kier molecular flexibility index (Phi) is 3.08. The molecule has 0 bridgehead atoms. The SMILES string of the molecule is Cn1ncc(Cl)c1CNC[C@@]12CNC[C@]1(C(F)(F)F)C2. The third-order valence-corrected chi connectivity index (χ3v) is 5.05. The Balaban J connectivity index is 1.63. The van der Waals surface area contributed by atoms with Gasteiger partial charge in [0, 0.05) is 38.6 Å². The van der Waals surface area contributed by atoms with E-state index in [4.69, 9.17) is 11.6 Å². The Labute approximate surface area is 119 Å². The molecule has 2 fully saturated rings. The second-order valence-corrected chi connectivity index (χ2v) is 6.21. The maximum atomic E-state index is 13.2. The number of aromatic nitrogens is 2. The second kappa shape index (κ2) is 4.35. The predicted molar refractivity (Wildman–Crippen MR) is 68.3 cm³/mol. The van der Waals surface area contributed by atoms with Crippen LogP contribution in [0.1, 0.15) is 12.1 Å². The summed E-state index contributed by atoms with van der Waals surface area (Å²) in [6, 6.07) is 0. The third-order valence-electron chi connectivity index (χ3n) is 4.73. The van der Waals surface area contributed by atoms with Gasteiger partial charge in [-0.3, -0.25) is 4.68 Å². The highest BCUT2D eigenvalue weighted by Gasteiger charge is 2.81. The van der Waals surface area contributed by atoms with Gasteiger partial charge in [-0.1, -0.05) is 11.6 Å². The van der Waals surface area contributed by atoms with Gasteiger partial charge in [0.25, 0.3) is 0 Å². The Morgan fingerprint density at radius 2 is 2.25 bits per heavy atom. The summed E-state index contributed by atoms with van der Waals surface area (Å²) in [6.45, 7) is 1.20. The van der Waals surface area contributed by atoms with Crippen molar-refractivity contribution in [2.75, 3.05) is 19.6 Å². The summed E-state index contributed by atoms with van der Waals surface area (Å²) >= 11 is 5.97. The molecule has 1 aromatic rings. The molecule has 1 saturated carbocycles. The summed E-state index contributed by atoms with van der Waals surface area (Å²) in [6.07, 6.45) is -2.39. The van der Waals surface area contributed by atoms with Crippen molar-refractivity contribution in [1.82, 2.24) is 20.4 Å². The van der Waals surface area contributed by atoms with Gasteiger partial charge in [-0.05, 0) is 6.42 Å². The summed E-state index contributed by atoms with van der Waals surface area (Å²) in [4.78, 5) is 0. The zero-order chi connectivity index (χ0) is 14.6. The van der Waals surface area contributed by atoms with Crippen LogP contribution < -0.4 is 10.6 Å². The number of hydrogen-bond donors (Lipinski definition) is 2. The topological polar surface area (TPSA) is 41.9 Å². The van der Waals surface area contributed by atoms with Crippen LogP contribution in [0.25, 0.3) is 0 Å². The first kappa shape index (κ1) is 14.2. The monoisotopic (exact) mass is 308 g/mol. The van der Waals surface area contributed by atoms with Crippen molar-refractivity contribution >= 4 is 11.6 Å². The quantitative estimate of drug-likeness (QED) is 0.890. The number of piperidine rings is 1. The summed E-state index contributed by atoms with van der Waals surface area (Å²) in [5.41, 5.74) is -1.45. The number of hydrogen-bond acceptors (Lipinski definition) is 3. The van der Waals surface area contributed by atoms with Gasteiger partial charge in [0.05, 0.1) is 22.3 Å². The summed E-state index contributed by atoms with van der Waals surface area (Å²) in [5, 5.41) is 10.5. The van der Waals surface area contributed by atoms with Crippen molar-refractivity contribution < 1.29 is 13.2 Å². The first-order valence-electron chi connectivity index (χ1n) is 6.46. The van der Waals surface area contributed by atoms with Gasteiger partial charge < -0.3 is 10.6 Å². The highest BCUT2D eigenvalue weighted by atomic mass is 35.5. The van der Waals surface area contributed by atoms with Gasteiger partial charge >= 0.3 is 6.18 Å². The van der Waals surface area contributed by atoms with Crippen LogP contribution in [0.3, 0.4) is 0 Å². The molecule has 3 rings (SSSR count). The average molecular weight is 309 g/mol. The van der Waals surface area contributed by atoms with E-state index in [1.54, 1.807) is 11.7 Å². The first-order valence-corrected chi connectivity index (χ1v) is 6.84. The first-order chi connectivity index (χ1) is 9.31. The molecular formula is C12H16ClF3N4. The normalized spacial score (nSPS) is 32.5. The fraction of sp³-hybridized carbons (Fsp3) is 0.750. The average Bonchev–Trinajstić information content (AvgIpc) is 2.70. The molecule has 1 aliphatic carbocycles. The molecular weight excluding hydrogens is 293 g/mol. The van der Waals surface area contributed by atoms with Crippen LogP contribution in [0, 0.1) is 10.8 Å². The maximum absolute atomic E-state index is 13.2. The van der Waals surface area contributed by atoms with E-state index in [1.807, 2.05) is 0 Å². The molecule has 2 atom stereocenters. The summed E-state index contributed by atoms with van der Waals surface area (Å²) < 4.78 is 41.1. The van der Waals surface area contributed by atoms with Crippen LogP contribution in [0.4, 0.5) is 13.2 Å². The zero-order valence-corrected chi connectivity index (χ0v) is 11.8. The molecule has 2 heterocycles. The minimum Gasteiger partial charge on any atom is -0.315 e. The van der Waals surface area contributed by atoms with E-state index in [1.165, 1.54) is 6.20 Å². The molecule has 112 valence electrons. The Hall–Kier alpha value is -0.790. The Morgan fingerprint density at radius 1 is 1.50 bits per heavy atom. The van der Waals surface area contributed by atoms with Crippen molar-refractivity contribution in [3.05, 3.63) is 16.9 Å².